The highest BCUT2D eigenvalue weighted by Crippen LogP contribution is 2.45. The summed E-state index contributed by atoms with van der Waals surface area (Å²) in [5.41, 5.74) is 0.571. The van der Waals surface area contributed by atoms with Gasteiger partial charge in [-0.25, -0.2) is 0 Å². The van der Waals surface area contributed by atoms with Crippen LogP contribution in [0.3, 0.4) is 0 Å². The Labute approximate surface area is 112 Å². The monoisotopic (exact) mass is 295 g/mol. The molecule has 1 aliphatic heterocycles. The van der Waals surface area contributed by atoms with Crippen molar-refractivity contribution in [2.24, 2.45) is 0 Å². The second kappa shape index (κ2) is 5.20. The number of nitrogens with one attached hydrogen (secondary N) is 1. The summed E-state index contributed by atoms with van der Waals surface area (Å²) in [6.07, 6.45) is -5.09. The van der Waals surface area contributed by atoms with Gasteiger partial charge in [0.25, 0.3) is 0 Å². The maximum Gasteiger partial charge on any atom is 0.455 e. The summed E-state index contributed by atoms with van der Waals surface area (Å²) in [6, 6.07) is 1.94. The largest absolute Gasteiger partial charge is 0.493 e. The molecule has 1 heterocycles. The molecule has 1 aromatic carbocycles. The molecule has 0 fully saturated rings. The lowest BCUT2D eigenvalue weighted by atomic mass is 9.97. The van der Waals surface area contributed by atoms with Crippen molar-refractivity contribution >= 4 is 0 Å². The van der Waals surface area contributed by atoms with Gasteiger partial charge in [0.1, 0.15) is 11.8 Å². The normalized spacial score (nSPS) is 16.7. The van der Waals surface area contributed by atoms with Crippen molar-refractivity contribution in [3.05, 3.63) is 29.3 Å². The molecule has 1 aromatic rings. The van der Waals surface area contributed by atoms with Crippen molar-refractivity contribution in [2.75, 3.05) is 13.2 Å². The predicted octanol–water partition coefficient (Wildman–Crippen LogP) is 3.47. The molecule has 0 spiro atoms. The van der Waals surface area contributed by atoms with Gasteiger partial charge in [0, 0.05) is 6.42 Å². The van der Waals surface area contributed by atoms with Crippen molar-refractivity contribution in [3.8, 4) is 5.75 Å². The van der Waals surface area contributed by atoms with Crippen LogP contribution < -0.4 is 10.1 Å². The van der Waals surface area contributed by atoms with Crippen molar-refractivity contribution < 1.29 is 26.7 Å². The van der Waals surface area contributed by atoms with Gasteiger partial charge in [0.05, 0.1) is 6.61 Å². The molecule has 112 valence electrons. The molecule has 2 rings (SSSR count). The van der Waals surface area contributed by atoms with E-state index in [4.69, 9.17) is 4.74 Å². The van der Waals surface area contributed by atoms with E-state index in [1.807, 2.05) is 0 Å². The molecule has 0 amide bonds. The standard InChI is InChI=1S/C13H14F5NO/c1-2-19-11(12(14,15)13(16,17)18)9-3-4-10-8(7-9)5-6-20-10/h3-4,7,11,19H,2,5-6H2,1H3. The van der Waals surface area contributed by atoms with Crippen LogP contribution in [0.4, 0.5) is 22.0 Å². The zero-order valence-corrected chi connectivity index (χ0v) is 10.7. The zero-order valence-electron chi connectivity index (χ0n) is 10.7. The summed E-state index contributed by atoms with van der Waals surface area (Å²) in [4.78, 5) is 0. The van der Waals surface area contributed by atoms with Crippen LogP contribution in [0, 0.1) is 0 Å². The number of halogens is 5. The number of hydrogen-bond acceptors (Lipinski definition) is 2. The van der Waals surface area contributed by atoms with E-state index in [1.54, 1.807) is 0 Å². The first kappa shape index (κ1) is 15.0. The van der Waals surface area contributed by atoms with E-state index < -0.39 is 18.1 Å². The summed E-state index contributed by atoms with van der Waals surface area (Å²) in [5.74, 6) is -4.30. The summed E-state index contributed by atoms with van der Waals surface area (Å²) in [6.45, 7) is 1.90. The van der Waals surface area contributed by atoms with E-state index in [0.29, 0.717) is 24.3 Å². The van der Waals surface area contributed by atoms with Crippen LogP contribution in [0.25, 0.3) is 0 Å². The molecule has 1 atom stereocenters. The minimum Gasteiger partial charge on any atom is -0.493 e. The molecular formula is C13H14F5NO. The Hall–Kier alpha value is -1.37. The van der Waals surface area contributed by atoms with Crippen LogP contribution in [-0.4, -0.2) is 25.3 Å². The fourth-order valence-electron chi connectivity index (χ4n) is 2.21. The quantitative estimate of drug-likeness (QED) is 0.859. The topological polar surface area (TPSA) is 21.3 Å². The molecule has 1 aliphatic rings. The number of ether oxygens (including phenoxy) is 1. The van der Waals surface area contributed by atoms with Crippen LogP contribution in [-0.2, 0) is 6.42 Å². The minimum atomic E-state index is -5.60. The SMILES string of the molecule is CCNC(c1ccc2c(c1)CCO2)C(F)(F)C(F)(F)F. The fraction of sp³-hybridized carbons (Fsp3) is 0.538. The third kappa shape index (κ3) is 2.59. The van der Waals surface area contributed by atoms with E-state index in [9.17, 15) is 22.0 Å². The van der Waals surface area contributed by atoms with E-state index in [-0.39, 0.29) is 12.1 Å². The third-order valence-electron chi connectivity index (χ3n) is 3.20. The highest BCUT2D eigenvalue weighted by Gasteiger charge is 2.62. The minimum absolute atomic E-state index is 0.00389. The number of benzene rings is 1. The lowest BCUT2D eigenvalue weighted by Crippen LogP contribution is -2.48. The smallest absolute Gasteiger partial charge is 0.455 e. The Bertz CT molecular complexity index is 486. The van der Waals surface area contributed by atoms with Crippen molar-refractivity contribution in [3.63, 3.8) is 0 Å². The molecule has 0 radical (unpaired) electrons. The Balaban J connectivity index is 2.38. The van der Waals surface area contributed by atoms with E-state index in [2.05, 4.69) is 5.32 Å². The van der Waals surface area contributed by atoms with Crippen LogP contribution in [0.2, 0.25) is 0 Å². The predicted molar refractivity (Wildman–Crippen MR) is 63.1 cm³/mol. The molecule has 2 nitrogen and oxygen atoms in total. The summed E-state index contributed by atoms with van der Waals surface area (Å²) < 4.78 is 70.1. The first-order valence-corrected chi connectivity index (χ1v) is 6.21. The summed E-state index contributed by atoms with van der Waals surface area (Å²) >= 11 is 0. The second-order valence-electron chi connectivity index (χ2n) is 4.58. The lowest BCUT2D eigenvalue weighted by Gasteiger charge is -2.29. The van der Waals surface area contributed by atoms with Gasteiger partial charge in [0.2, 0.25) is 0 Å². The molecule has 0 saturated heterocycles. The van der Waals surface area contributed by atoms with Gasteiger partial charge in [-0.15, -0.1) is 0 Å². The molecule has 0 bridgehead atoms. The van der Waals surface area contributed by atoms with E-state index in [0.717, 1.165) is 0 Å². The maximum absolute atomic E-state index is 13.6. The van der Waals surface area contributed by atoms with Crippen molar-refractivity contribution in [1.82, 2.24) is 5.32 Å². The number of fused-ring (bicyclic) bond motifs is 1. The Kier molecular flexibility index (Phi) is 3.90. The summed E-state index contributed by atoms with van der Waals surface area (Å²) in [5, 5.41) is 2.23. The Morgan fingerprint density at radius 1 is 1.25 bits per heavy atom. The van der Waals surface area contributed by atoms with Crippen LogP contribution in [0.15, 0.2) is 18.2 Å². The molecule has 20 heavy (non-hydrogen) atoms. The average Bonchev–Trinajstić information content (AvgIpc) is 2.81. The van der Waals surface area contributed by atoms with E-state index in [1.165, 1.54) is 25.1 Å². The molecular weight excluding hydrogens is 281 g/mol. The molecule has 7 heteroatoms. The van der Waals surface area contributed by atoms with Gasteiger partial charge >= 0.3 is 12.1 Å². The van der Waals surface area contributed by atoms with Gasteiger partial charge in [-0.3, -0.25) is 0 Å². The number of rotatable bonds is 4. The molecule has 1 N–H and O–H groups in total. The van der Waals surface area contributed by atoms with E-state index >= 15 is 0 Å². The van der Waals surface area contributed by atoms with Crippen molar-refractivity contribution in [2.45, 2.75) is 31.5 Å². The van der Waals surface area contributed by atoms with Gasteiger partial charge in [-0.05, 0) is 23.7 Å². The fourth-order valence-corrected chi connectivity index (χ4v) is 2.21. The molecule has 0 saturated carbocycles. The van der Waals surface area contributed by atoms with Gasteiger partial charge in [-0.1, -0.05) is 19.1 Å². The Morgan fingerprint density at radius 3 is 2.55 bits per heavy atom. The highest BCUT2D eigenvalue weighted by molar-refractivity contribution is 5.41. The maximum atomic E-state index is 13.6. The first-order chi connectivity index (χ1) is 9.27. The molecule has 0 aromatic heterocycles. The van der Waals surface area contributed by atoms with Gasteiger partial charge in [-0.2, -0.15) is 22.0 Å². The van der Waals surface area contributed by atoms with Crippen molar-refractivity contribution in [1.29, 1.82) is 0 Å². The second-order valence-corrected chi connectivity index (χ2v) is 4.58. The molecule has 1 unspecified atom stereocenters. The van der Waals surface area contributed by atoms with Gasteiger partial charge < -0.3 is 10.1 Å². The van der Waals surface area contributed by atoms with Gasteiger partial charge in [0.15, 0.2) is 0 Å². The zero-order chi connectivity index (χ0) is 15.0. The first-order valence-electron chi connectivity index (χ1n) is 6.21. The van der Waals surface area contributed by atoms with Crippen LogP contribution in [0.5, 0.6) is 5.75 Å². The number of hydrogen-bond donors (Lipinski definition) is 1. The van der Waals surface area contributed by atoms with Crippen LogP contribution in [0.1, 0.15) is 24.1 Å². The Morgan fingerprint density at radius 2 is 1.95 bits per heavy atom. The number of alkyl halides is 5. The summed E-state index contributed by atoms with van der Waals surface area (Å²) in [7, 11) is 0. The van der Waals surface area contributed by atoms with Crippen LogP contribution >= 0.6 is 0 Å². The highest BCUT2D eigenvalue weighted by atomic mass is 19.4. The third-order valence-corrected chi connectivity index (χ3v) is 3.20. The average molecular weight is 295 g/mol. The molecule has 0 aliphatic carbocycles. The lowest BCUT2D eigenvalue weighted by molar-refractivity contribution is -0.294.